The molecule has 90 valence electrons. The summed E-state index contributed by atoms with van der Waals surface area (Å²) in [6, 6.07) is 0. The zero-order chi connectivity index (χ0) is 12.3. The molecule has 0 atom stereocenters. The van der Waals surface area contributed by atoms with Crippen molar-refractivity contribution < 1.29 is 23.4 Å². The standard InChI is InChI=1S/C11H13F3O2/c1-2-3-4-5-6-7(12)8(13)9(14)11(16)10(6)15/h15-16H,2-5H2,1H3. The molecule has 0 aromatic heterocycles. The molecule has 0 saturated carbocycles. The Balaban J connectivity index is 3.08. The maximum atomic E-state index is 13.2. The van der Waals surface area contributed by atoms with E-state index in [1.807, 2.05) is 6.92 Å². The molecule has 1 rings (SSSR count). The number of hydrogen-bond donors (Lipinski definition) is 2. The number of phenols is 2. The molecule has 1 aromatic carbocycles. The smallest absolute Gasteiger partial charge is 0.207 e. The maximum Gasteiger partial charge on any atom is 0.207 e. The van der Waals surface area contributed by atoms with Gasteiger partial charge in [0.05, 0.1) is 0 Å². The van der Waals surface area contributed by atoms with E-state index in [2.05, 4.69) is 0 Å². The molecule has 0 aliphatic rings. The highest BCUT2D eigenvalue weighted by atomic mass is 19.2. The number of hydrogen-bond acceptors (Lipinski definition) is 2. The second-order valence-corrected chi connectivity index (χ2v) is 3.57. The molecule has 1 aromatic rings. The minimum atomic E-state index is -1.76. The molecule has 16 heavy (non-hydrogen) atoms. The molecular weight excluding hydrogens is 221 g/mol. The molecule has 0 saturated heterocycles. The number of aromatic hydroxyl groups is 2. The Morgan fingerprint density at radius 1 is 0.875 bits per heavy atom. The van der Waals surface area contributed by atoms with Crippen molar-refractivity contribution >= 4 is 0 Å². The summed E-state index contributed by atoms with van der Waals surface area (Å²) < 4.78 is 39.0. The molecule has 0 unspecified atom stereocenters. The summed E-state index contributed by atoms with van der Waals surface area (Å²) in [6.07, 6.45) is 2.25. The quantitative estimate of drug-likeness (QED) is 0.477. The van der Waals surface area contributed by atoms with Crippen molar-refractivity contribution in [2.45, 2.75) is 32.6 Å². The number of phenolic OH excluding ortho intramolecular Hbond substituents is 2. The third-order valence-corrected chi connectivity index (χ3v) is 2.40. The van der Waals surface area contributed by atoms with Crippen molar-refractivity contribution in [3.05, 3.63) is 23.0 Å². The largest absolute Gasteiger partial charge is 0.504 e. The van der Waals surface area contributed by atoms with E-state index in [9.17, 15) is 18.3 Å². The Morgan fingerprint density at radius 2 is 1.50 bits per heavy atom. The van der Waals surface area contributed by atoms with Crippen LogP contribution in [0.3, 0.4) is 0 Å². The summed E-state index contributed by atoms with van der Waals surface area (Å²) in [4.78, 5) is 0. The predicted octanol–water partition coefficient (Wildman–Crippen LogP) is 3.25. The fourth-order valence-corrected chi connectivity index (χ4v) is 1.46. The first-order valence-corrected chi connectivity index (χ1v) is 5.07. The maximum absolute atomic E-state index is 13.2. The molecule has 2 N–H and O–H groups in total. The van der Waals surface area contributed by atoms with E-state index in [0.29, 0.717) is 6.42 Å². The Bertz CT molecular complexity index is 362. The topological polar surface area (TPSA) is 40.5 Å². The molecular formula is C11H13F3O2. The van der Waals surface area contributed by atoms with E-state index >= 15 is 0 Å². The lowest BCUT2D eigenvalue weighted by atomic mass is 10.0. The highest BCUT2D eigenvalue weighted by Gasteiger charge is 2.23. The van der Waals surface area contributed by atoms with Gasteiger partial charge >= 0.3 is 0 Å². The van der Waals surface area contributed by atoms with Gasteiger partial charge in [-0.1, -0.05) is 19.8 Å². The first-order chi connectivity index (χ1) is 7.50. The minimum Gasteiger partial charge on any atom is -0.504 e. The van der Waals surface area contributed by atoms with E-state index in [0.717, 1.165) is 12.8 Å². The van der Waals surface area contributed by atoms with Crippen LogP contribution in [0.25, 0.3) is 0 Å². The SMILES string of the molecule is CCCCCc1c(O)c(O)c(F)c(F)c1F. The molecule has 0 aliphatic heterocycles. The van der Waals surface area contributed by atoms with Crippen LogP contribution in [0, 0.1) is 17.5 Å². The van der Waals surface area contributed by atoms with Gasteiger partial charge in [0.2, 0.25) is 5.82 Å². The van der Waals surface area contributed by atoms with Crippen LogP contribution < -0.4 is 0 Å². The molecule has 5 heteroatoms. The van der Waals surface area contributed by atoms with Gasteiger partial charge in [-0.3, -0.25) is 0 Å². The van der Waals surface area contributed by atoms with Crippen molar-refractivity contribution in [1.82, 2.24) is 0 Å². The number of rotatable bonds is 4. The van der Waals surface area contributed by atoms with Crippen molar-refractivity contribution in [1.29, 1.82) is 0 Å². The molecule has 0 aliphatic carbocycles. The average molecular weight is 234 g/mol. The molecule has 0 amide bonds. The summed E-state index contributed by atoms with van der Waals surface area (Å²) >= 11 is 0. The van der Waals surface area contributed by atoms with Gasteiger partial charge in [-0.05, 0) is 12.8 Å². The second kappa shape index (κ2) is 5.09. The van der Waals surface area contributed by atoms with Crippen LogP contribution in [-0.2, 0) is 6.42 Å². The third kappa shape index (κ3) is 2.23. The highest BCUT2D eigenvalue weighted by molar-refractivity contribution is 5.47. The fourth-order valence-electron chi connectivity index (χ4n) is 1.46. The number of halogens is 3. The summed E-state index contributed by atoms with van der Waals surface area (Å²) in [5, 5.41) is 18.3. The lowest BCUT2D eigenvalue weighted by molar-refractivity contribution is 0.343. The van der Waals surface area contributed by atoms with Crippen LogP contribution in [0.4, 0.5) is 13.2 Å². The van der Waals surface area contributed by atoms with Crippen molar-refractivity contribution in [2.75, 3.05) is 0 Å². The van der Waals surface area contributed by atoms with E-state index in [1.54, 1.807) is 0 Å². The lowest BCUT2D eigenvalue weighted by Gasteiger charge is -2.09. The Morgan fingerprint density at radius 3 is 2.06 bits per heavy atom. The Labute approximate surface area is 91.3 Å². The molecule has 2 nitrogen and oxygen atoms in total. The van der Waals surface area contributed by atoms with Gasteiger partial charge in [0, 0.05) is 5.56 Å². The van der Waals surface area contributed by atoms with E-state index in [1.165, 1.54) is 0 Å². The first-order valence-electron chi connectivity index (χ1n) is 5.07. The van der Waals surface area contributed by atoms with Gasteiger partial charge in [-0.15, -0.1) is 0 Å². The summed E-state index contributed by atoms with van der Waals surface area (Å²) in [7, 11) is 0. The minimum absolute atomic E-state index is 0.0657. The Kier molecular flexibility index (Phi) is 4.04. The van der Waals surface area contributed by atoms with Gasteiger partial charge in [-0.25, -0.2) is 8.78 Å². The zero-order valence-corrected chi connectivity index (χ0v) is 8.86. The Hall–Kier alpha value is -1.39. The normalized spacial score (nSPS) is 10.8. The highest BCUT2D eigenvalue weighted by Crippen LogP contribution is 2.36. The summed E-state index contributed by atoms with van der Waals surface area (Å²) in [6.45, 7) is 1.93. The molecule has 0 spiro atoms. The van der Waals surface area contributed by atoms with E-state index in [4.69, 9.17) is 5.11 Å². The van der Waals surface area contributed by atoms with Crippen molar-refractivity contribution in [2.24, 2.45) is 0 Å². The summed E-state index contributed by atoms with van der Waals surface area (Å²) in [5.74, 6) is -7.07. The molecule has 0 fully saturated rings. The van der Waals surface area contributed by atoms with E-state index in [-0.39, 0.29) is 12.0 Å². The fraction of sp³-hybridized carbons (Fsp3) is 0.455. The second-order valence-electron chi connectivity index (χ2n) is 3.57. The molecule has 0 bridgehead atoms. The van der Waals surface area contributed by atoms with Gasteiger partial charge in [0.15, 0.2) is 23.1 Å². The monoisotopic (exact) mass is 234 g/mol. The molecule has 0 heterocycles. The van der Waals surface area contributed by atoms with Gasteiger partial charge in [-0.2, -0.15) is 4.39 Å². The van der Waals surface area contributed by atoms with Crippen LogP contribution in [0.5, 0.6) is 11.5 Å². The first kappa shape index (κ1) is 12.7. The van der Waals surface area contributed by atoms with Crippen molar-refractivity contribution in [3.63, 3.8) is 0 Å². The molecule has 0 radical (unpaired) electrons. The van der Waals surface area contributed by atoms with Crippen LogP contribution >= 0.6 is 0 Å². The number of unbranched alkanes of at least 4 members (excludes halogenated alkanes) is 2. The van der Waals surface area contributed by atoms with E-state index < -0.39 is 29.0 Å². The summed E-state index contributed by atoms with van der Waals surface area (Å²) in [5.41, 5.74) is -0.371. The van der Waals surface area contributed by atoms with Crippen LogP contribution in [0.2, 0.25) is 0 Å². The predicted molar refractivity (Wildman–Crippen MR) is 52.9 cm³/mol. The van der Waals surface area contributed by atoms with Gasteiger partial charge in [0.1, 0.15) is 0 Å². The van der Waals surface area contributed by atoms with Crippen molar-refractivity contribution in [3.8, 4) is 11.5 Å². The van der Waals surface area contributed by atoms with Crippen LogP contribution in [0.15, 0.2) is 0 Å². The van der Waals surface area contributed by atoms with Gasteiger partial charge < -0.3 is 10.2 Å². The number of benzene rings is 1. The van der Waals surface area contributed by atoms with Crippen LogP contribution in [0.1, 0.15) is 31.7 Å². The van der Waals surface area contributed by atoms with Gasteiger partial charge in [0.25, 0.3) is 0 Å². The lowest BCUT2D eigenvalue weighted by Crippen LogP contribution is -2.00. The zero-order valence-electron chi connectivity index (χ0n) is 8.86. The van der Waals surface area contributed by atoms with Crippen LogP contribution in [-0.4, -0.2) is 10.2 Å². The average Bonchev–Trinajstić information content (AvgIpc) is 2.28. The third-order valence-electron chi connectivity index (χ3n) is 2.40.